The molecule has 1 heterocycles. The van der Waals surface area contributed by atoms with Gasteiger partial charge in [-0.2, -0.15) is 0 Å². The predicted octanol–water partition coefficient (Wildman–Crippen LogP) is 6.76. The molecular weight excluding hydrogens is 524 g/mol. The highest BCUT2D eigenvalue weighted by Crippen LogP contribution is 2.42. The van der Waals surface area contributed by atoms with Crippen LogP contribution in [0.15, 0.2) is 133 Å². The molecule has 1 aliphatic heterocycles. The number of rotatable bonds is 10. The molecule has 0 saturated heterocycles. The number of carbonyl (C=O) groups excluding carboxylic acids is 1. The molecule has 1 aliphatic rings. The van der Waals surface area contributed by atoms with Gasteiger partial charge in [0, 0.05) is 0 Å². The van der Waals surface area contributed by atoms with Gasteiger partial charge in [-0.3, -0.25) is 4.79 Å². The van der Waals surface area contributed by atoms with Crippen molar-refractivity contribution in [1.29, 1.82) is 0 Å². The molecule has 0 saturated carbocycles. The highest BCUT2D eigenvalue weighted by atomic mass is 28.4. The number of benzene rings is 4. The number of esters is 1. The molecule has 4 aromatic carbocycles. The molecule has 5 heteroatoms. The molecule has 0 fully saturated rings. The van der Waals surface area contributed by atoms with Crippen LogP contribution in [0.25, 0.3) is 0 Å². The summed E-state index contributed by atoms with van der Waals surface area (Å²) in [7, 11) is -2.99. The molecule has 0 radical (unpaired) electrons. The van der Waals surface area contributed by atoms with E-state index in [4.69, 9.17) is 13.9 Å². The smallest absolute Gasteiger partial charge is 0.310 e. The summed E-state index contributed by atoms with van der Waals surface area (Å²) in [5.41, 5.74) is 2.02. The molecule has 4 aromatic rings. The van der Waals surface area contributed by atoms with Gasteiger partial charge in [-0.25, -0.2) is 0 Å². The Kier molecular flexibility index (Phi) is 8.98. The van der Waals surface area contributed by atoms with Gasteiger partial charge in [0.15, 0.2) is 0 Å². The van der Waals surface area contributed by atoms with Crippen molar-refractivity contribution >= 4 is 24.7 Å². The summed E-state index contributed by atoms with van der Waals surface area (Å²) in [6, 6.07) is 41.5. The molecular formula is C36H38O4Si. The maximum absolute atomic E-state index is 12.5. The summed E-state index contributed by atoms with van der Waals surface area (Å²) in [6.45, 7) is 7.16. The van der Waals surface area contributed by atoms with Gasteiger partial charge >= 0.3 is 5.97 Å². The zero-order chi connectivity index (χ0) is 28.7. The van der Waals surface area contributed by atoms with E-state index >= 15 is 0 Å². The zero-order valence-electron chi connectivity index (χ0n) is 24.0. The number of ether oxygens (including phenoxy) is 2. The molecule has 0 unspecified atom stereocenters. The Morgan fingerprint density at radius 2 is 1.29 bits per heavy atom. The summed E-state index contributed by atoms with van der Waals surface area (Å²) in [5.74, 6) is -0.261. The molecule has 0 aromatic heterocycles. The van der Waals surface area contributed by atoms with E-state index in [1.807, 2.05) is 72.8 Å². The Morgan fingerprint density at radius 3 is 1.80 bits per heavy atom. The summed E-state index contributed by atoms with van der Waals surface area (Å²) in [6.07, 6.45) is 2.38. The fourth-order valence-electron chi connectivity index (χ4n) is 5.68. The lowest BCUT2D eigenvalue weighted by Gasteiger charge is -2.47. The van der Waals surface area contributed by atoms with Crippen LogP contribution in [0.2, 0.25) is 5.04 Å². The van der Waals surface area contributed by atoms with Gasteiger partial charge in [0.05, 0.1) is 13.0 Å². The Hall–Kier alpha value is -3.77. The third-order valence-electron chi connectivity index (χ3n) is 7.63. The normalized spacial score (nSPS) is 17.0. The van der Waals surface area contributed by atoms with Crippen LogP contribution >= 0.6 is 0 Å². The van der Waals surface area contributed by atoms with Crippen LogP contribution in [0.4, 0.5) is 0 Å². The van der Waals surface area contributed by atoms with Crippen LogP contribution < -0.4 is 10.4 Å². The summed E-state index contributed by atoms with van der Waals surface area (Å²) < 4.78 is 20.4. The standard InChI is InChI=1S/C36H38O4Si/c1-36(2,3)41(30-21-12-6-13-22-30,31-23-14-7-15-24-31)40-34(29-19-10-5-11-20-29)35(32-25-16-26-33(37)39-32)38-27-28-17-8-4-9-18-28/h4-25,32,34-35H,26-27H2,1-3H3/t32-,34-,35+/m1/s1. The Morgan fingerprint density at radius 1 is 0.780 bits per heavy atom. The van der Waals surface area contributed by atoms with E-state index in [1.54, 1.807) is 0 Å². The third kappa shape index (κ3) is 6.43. The average Bonchev–Trinajstić information content (AvgIpc) is 3.00. The minimum absolute atomic E-state index is 0.244. The lowest BCUT2D eigenvalue weighted by atomic mass is 9.98. The Bertz CT molecular complexity index is 1380. The van der Waals surface area contributed by atoms with Crippen LogP contribution in [-0.4, -0.2) is 26.5 Å². The topological polar surface area (TPSA) is 44.8 Å². The number of cyclic esters (lactones) is 1. The van der Waals surface area contributed by atoms with Crippen molar-refractivity contribution in [3.63, 3.8) is 0 Å². The molecule has 210 valence electrons. The van der Waals surface area contributed by atoms with E-state index in [2.05, 4.69) is 81.4 Å². The monoisotopic (exact) mass is 562 g/mol. The summed E-state index contributed by atoms with van der Waals surface area (Å²) in [5, 5.41) is 2.11. The average molecular weight is 563 g/mol. The van der Waals surface area contributed by atoms with E-state index in [1.165, 1.54) is 10.4 Å². The maximum atomic E-state index is 12.5. The largest absolute Gasteiger partial charge is 0.455 e. The Balaban J connectivity index is 1.68. The lowest BCUT2D eigenvalue weighted by Crippen LogP contribution is -2.67. The van der Waals surface area contributed by atoms with E-state index in [9.17, 15) is 4.79 Å². The minimum Gasteiger partial charge on any atom is -0.455 e. The molecule has 0 aliphatic carbocycles. The summed E-state index contributed by atoms with van der Waals surface area (Å²) >= 11 is 0. The third-order valence-corrected chi connectivity index (χ3v) is 12.6. The van der Waals surface area contributed by atoms with Crippen molar-refractivity contribution in [3.8, 4) is 0 Å². The first kappa shape index (κ1) is 28.7. The molecule has 0 N–H and O–H groups in total. The fourth-order valence-corrected chi connectivity index (χ4v) is 10.4. The second-order valence-electron chi connectivity index (χ2n) is 11.5. The van der Waals surface area contributed by atoms with E-state index in [0.29, 0.717) is 6.61 Å². The van der Waals surface area contributed by atoms with Crippen LogP contribution in [0, 0.1) is 0 Å². The van der Waals surface area contributed by atoms with Gasteiger partial charge in [-0.15, -0.1) is 0 Å². The zero-order valence-corrected chi connectivity index (χ0v) is 25.0. The number of carbonyl (C=O) groups is 1. The highest BCUT2D eigenvalue weighted by molar-refractivity contribution is 6.99. The lowest BCUT2D eigenvalue weighted by molar-refractivity contribution is -0.161. The van der Waals surface area contributed by atoms with Crippen molar-refractivity contribution in [3.05, 3.63) is 145 Å². The van der Waals surface area contributed by atoms with Crippen molar-refractivity contribution < 1.29 is 18.7 Å². The number of hydrogen-bond acceptors (Lipinski definition) is 4. The van der Waals surface area contributed by atoms with Gasteiger partial charge in [0.2, 0.25) is 0 Å². The van der Waals surface area contributed by atoms with Gasteiger partial charge < -0.3 is 13.9 Å². The molecule has 5 rings (SSSR count). The first-order valence-electron chi connectivity index (χ1n) is 14.2. The molecule has 41 heavy (non-hydrogen) atoms. The van der Waals surface area contributed by atoms with Crippen molar-refractivity contribution in [1.82, 2.24) is 0 Å². The highest BCUT2D eigenvalue weighted by Gasteiger charge is 2.53. The van der Waals surface area contributed by atoms with E-state index < -0.39 is 26.6 Å². The van der Waals surface area contributed by atoms with E-state index in [0.717, 1.165) is 11.1 Å². The fraction of sp³-hybridized carbons (Fsp3) is 0.250. The van der Waals surface area contributed by atoms with E-state index in [-0.39, 0.29) is 17.4 Å². The SMILES string of the molecule is CC(C)(C)[Si](O[C@H](c1ccccc1)[C@@H](OCc1ccccc1)[C@H]1C=CCC(=O)O1)(c1ccccc1)c1ccccc1. The summed E-state index contributed by atoms with van der Waals surface area (Å²) in [4.78, 5) is 12.5. The first-order chi connectivity index (χ1) is 19.9. The van der Waals surface area contributed by atoms with Gasteiger partial charge in [0.25, 0.3) is 8.32 Å². The van der Waals surface area contributed by atoms with Crippen LogP contribution in [0.5, 0.6) is 0 Å². The molecule has 3 atom stereocenters. The van der Waals surface area contributed by atoms with Crippen LogP contribution in [0.3, 0.4) is 0 Å². The van der Waals surface area contributed by atoms with Gasteiger partial charge in [0.1, 0.15) is 18.3 Å². The van der Waals surface area contributed by atoms with Crippen LogP contribution in [0.1, 0.15) is 44.4 Å². The quantitative estimate of drug-likeness (QED) is 0.122. The van der Waals surface area contributed by atoms with Crippen molar-refractivity contribution in [2.24, 2.45) is 0 Å². The number of hydrogen-bond donors (Lipinski definition) is 0. The van der Waals surface area contributed by atoms with Crippen molar-refractivity contribution in [2.45, 2.75) is 57.1 Å². The predicted molar refractivity (Wildman–Crippen MR) is 167 cm³/mol. The maximum Gasteiger partial charge on any atom is 0.310 e. The minimum atomic E-state index is -2.99. The molecule has 0 amide bonds. The van der Waals surface area contributed by atoms with Crippen LogP contribution in [-0.2, 0) is 25.3 Å². The second-order valence-corrected chi connectivity index (χ2v) is 15.7. The molecule has 0 bridgehead atoms. The Labute approximate surface area is 244 Å². The van der Waals surface area contributed by atoms with Crippen molar-refractivity contribution in [2.75, 3.05) is 0 Å². The van der Waals surface area contributed by atoms with Gasteiger partial charge in [-0.05, 0) is 32.6 Å². The van der Waals surface area contributed by atoms with Gasteiger partial charge in [-0.1, -0.05) is 148 Å². The molecule has 0 spiro atoms. The molecule has 4 nitrogen and oxygen atoms in total. The second kappa shape index (κ2) is 12.8. The first-order valence-corrected chi connectivity index (χ1v) is 16.1.